The highest BCUT2D eigenvalue weighted by molar-refractivity contribution is 5.95. The zero-order chi connectivity index (χ0) is 14.0. The molecule has 0 spiro atoms. The quantitative estimate of drug-likeness (QED) is 0.799. The summed E-state index contributed by atoms with van der Waals surface area (Å²) < 4.78 is 0. The Morgan fingerprint density at radius 1 is 1.53 bits per heavy atom. The first-order valence-corrected chi connectivity index (χ1v) is 6.45. The van der Waals surface area contributed by atoms with Crippen molar-refractivity contribution >= 4 is 11.6 Å². The van der Waals surface area contributed by atoms with E-state index in [1.54, 1.807) is 0 Å². The van der Waals surface area contributed by atoms with Crippen molar-refractivity contribution in [1.82, 2.24) is 0 Å². The van der Waals surface area contributed by atoms with E-state index in [0.29, 0.717) is 0 Å². The van der Waals surface area contributed by atoms with Crippen LogP contribution in [0.25, 0.3) is 0 Å². The van der Waals surface area contributed by atoms with Crippen molar-refractivity contribution in [3.63, 3.8) is 0 Å². The Balaban J connectivity index is 2.11. The van der Waals surface area contributed by atoms with Crippen LogP contribution in [-0.2, 0) is 4.79 Å². The zero-order valence-electron chi connectivity index (χ0n) is 11.6. The SMILES string of the molecule is Cc1ccc(NC(=O)C2CC2(C)C)cc1C#CCO. The number of nitrogens with one attached hydrogen (secondary N) is 1. The molecule has 1 atom stereocenters. The molecule has 3 heteroatoms. The van der Waals surface area contributed by atoms with Crippen LogP contribution < -0.4 is 5.32 Å². The Morgan fingerprint density at radius 3 is 2.79 bits per heavy atom. The third kappa shape index (κ3) is 3.15. The van der Waals surface area contributed by atoms with Gasteiger partial charge in [-0.05, 0) is 36.5 Å². The van der Waals surface area contributed by atoms with Crippen molar-refractivity contribution in [1.29, 1.82) is 0 Å². The minimum absolute atomic E-state index is 0.0786. The zero-order valence-corrected chi connectivity index (χ0v) is 11.6. The first kappa shape index (κ1) is 13.6. The van der Waals surface area contributed by atoms with Gasteiger partial charge < -0.3 is 10.4 Å². The Hall–Kier alpha value is -1.79. The number of amides is 1. The predicted molar refractivity (Wildman–Crippen MR) is 75.7 cm³/mol. The minimum Gasteiger partial charge on any atom is -0.384 e. The number of aliphatic hydroxyl groups excluding tert-OH is 1. The van der Waals surface area contributed by atoms with Gasteiger partial charge in [0.1, 0.15) is 6.61 Å². The summed E-state index contributed by atoms with van der Waals surface area (Å²) >= 11 is 0. The monoisotopic (exact) mass is 257 g/mol. The maximum Gasteiger partial charge on any atom is 0.228 e. The maximum atomic E-state index is 12.0. The molecular formula is C16H19NO2. The molecule has 0 aromatic heterocycles. The number of carbonyl (C=O) groups excluding carboxylic acids is 1. The Bertz CT molecular complexity index is 564. The molecule has 1 saturated carbocycles. The first-order chi connectivity index (χ1) is 8.94. The van der Waals surface area contributed by atoms with Crippen molar-refractivity contribution in [2.45, 2.75) is 27.2 Å². The van der Waals surface area contributed by atoms with E-state index in [9.17, 15) is 4.79 Å². The fraction of sp³-hybridized carbons (Fsp3) is 0.438. The molecule has 19 heavy (non-hydrogen) atoms. The second-order valence-corrected chi connectivity index (χ2v) is 5.72. The lowest BCUT2D eigenvalue weighted by Gasteiger charge is -2.08. The van der Waals surface area contributed by atoms with Gasteiger partial charge in [-0.3, -0.25) is 4.79 Å². The number of hydrogen-bond donors (Lipinski definition) is 2. The molecule has 1 aromatic carbocycles. The van der Waals surface area contributed by atoms with E-state index >= 15 is 0 Å². The fourth-order valence-electron chi connectivity index (χ4n) is 2.11. The summed E-state index contributed by atoms with van der Waals surface area (Å²) in [7, 11) is 0. The number of benzene rings is 1. The molecule has 1 aromatic rings. The van der Waals surface area contributed by atoms with Gasteiger partial charge in [-0.15, -0.1) is 0 Å². The van der Waals surface area contributed by atoms with E-state index in [0.717, 1.165) is 23.2 Å². The van der Waals surface area contributed by atoms with Crippen molar-refractivity contribution < 1.29 is 9.90 Å². The standard InChI is InChI=1S/C16H19NO2/c1-11-6-7-13(9-12(11)5-4-8-18)17-15(19)14-10-16(14,2)3/h6-7,9,14,18H,8,10H2,1-3H3,(H,17,19). The Kier molecular flexibility index (Phi) is 3.64. The van der Waals surface area contributed by atoms with Crippen LogP contribution in [0.15, 0.2) is 18.2 Å². The lowest BCUT2D eigenvalue weighted by molar-refractivity contribution is -0.118. The molecule has 0 heterocycles. The van der Waals surface area contributed by atoms with Gasteiger partial charge in [0.25, 0.3) is 0 Å². The van der Waals surface area contributed by atoms with Gasteiger partial charge in [-0.2, -0.15) is 0 Å². The van der Waals surface area contributed by atoms with E-state index in [4.69, 9.17) is 5.11 Å². The molecule has 0 aliphatic heterocycles. The van der Waals surface area contributed by atoms with E-state index in [1.165, 1.54) is 0 Å². The molecule has 1 amide bonds. The number of hydrogen-bond acceptors (Lipinski definition) is 2. The smallest absolute Gasteiger partial charge is 0.228 e. The molecule has 2 rings (SSSR count). The molecule has 100 valence electrons. The van der Waals surface area contributed by atoms with Gasteiger partial charge in [0.05, 0.1) is 0 Å². The van der Waals surface area contributed by atoms with Gasteiger partial charge in [-0.25, -0.2) is 0 Å². The van der Waals surface area contributed by atoms with Crippen LogP contribution in [0.2, 0.25) is 0 Å². The van der Waals surface area contributed by atoms with Gasteiger partial charge in [-0.1, -0.05) is 31.8 Å². The normalized spacial score (nSPS) is 19.3. The molecule has 1 fully saturated rings. The largest absolute Gasteiger partial charge is 0.384 e. The van der Waals surface area contributed by atoms with Crippen LogP contribution in [0.3, 0.4) is 0 Å². The first-order valence-electron chi connectivity index (χ1n) is 6.45. The summed E-state index contributed by atoms with van der Waals surface area (Å²) in [4.78, 5) is 12.0. The highest BCUT2D eigenvalue weighted by atomic mass is 16.2. The average Bonchev–Trinajstić information content (AvgIpc) is 2.99. The summed E-state index contributed by atoms with van der Waals surface area (Å²) in [6, 6.07) is 5.66. The van der Waals surface area contributed by atoms with Crippen LogP contribution >= 0.6 is 0 Å². The number of rotatable bonds is 2. The summed E-state index contributed by atoms with van der Waals surface area (Å²) in [5.74, 6) is 5.70. The maximum absolute atomic E-state index is 12.0. The lowest BCUT2D eigenvalue weighted by Crippen LogP contribution is -2.16. The van der Waals surface area contributed by atoms with Crippen molar-refractivity contribution in [2.75, 3.05) is 11.9 Å². The number of aliphatic hydroxyl groups is 1. The average molecular weight is 257 g/mol. The highest BCUT2D eigenvalue weighted by Gasteiger charge is 2.50. The third-order valence-electron chi connectivity index (χ3n) is 3.64. The van der Waals surface area contributed by atoms with Crippen LogP contribution in [0.5, 0.6) is 0 Å². The van der Waals surface area contributed by atoms with Crippen molar-refractivity contribution in [3.05, 3.63) is 29.3 Å². The Labute approximate surface area is 114 Å². The van der Waals surface area contributed by atoms with Gasteiger partial charge >= 0.3 is 0 Å². The molecule has 3 nitrogen and oxygen atoms in total. The number of carbonyl (C=O) groups is 1. The predicted octanol–water partition coefficient (Wildman–Crippen LogP) is 2.32. The lowest BCUT2D eigenvalue weighted by atomic mass is 10.1. The molecule has 0 bridgehead atoms. The van der Waals surface area contributed by atoms with E-state index in [-0.39, 0.29) is 23.8 Å². The van der Waals surface area contributed by atoms with Crippen molar-refractivity contribution in [3.8, 4) is 11.8 Å². The van der Waals surface area contributed by atoms with Gasteiger partial charge in [0.15, 0.2) is 0 Å². The van der Waals surface area contributed by atoms with Crippen LogP contribution in [0, 0.1) is 30.1 Å². The third-order valence-corrected chi connectivity index (χ3v) is 3.64. The molecule has 1 aliphatic carbocycles. The van der Waals surface area contributed by atoms with Crippen LogP contribution in [0.1, 0.15) is 31.4 Å². The summed E-state index contributed by atoms with van der Waals surface area (Å²) in [5, 5.41) is 11.7. The summed E-state index contributed by atoms with van der Waals surface area (Å²) in [5.41, 5.74) is 2.77. The molecule has 2 N–H and O–H groups in total. The molecule has 0 radical (unpaired) electrons. The minimum atomic E-state index is -0.160. The molecule has 1 aliphatic rings. The topological polar surface area (TPSA) is 49.3 Å². The molecule has 1 unspecified atom stereocenters. The van der Waals surface area contributed by atoms with E-state index < -0.39 is 0 Å². The van der Waals surface area contributed by atoms with E-state index in [1.807, 2.05) is 25.1 Å². The second kappa shape index (κ2) is 5.07. The summed E-state index contributed by atoms with van der Waals surface area (Å²) in [6.45, 7) is 6.00. The van der Waals surface area contributed by atoms with Crippen LogP contribution in [0.4, 0.5) is 5.69 Å². The van der Waals surface area contributed by atoms with E-state index in [2.05, 4.69) is 31.0 Å². The molecular weight excluding hydrogens is 238 g/mol. The molecule has 0 saturated heterocycles. The van der Waals surface area contributed by atoms with Gasteiger partial charge in [0.2, 0.25) is 5.91 Å². The number of aryl methyl sites for hydroxylation is 1. The van der Waals surface area contributed by atoms with Gasteiger partial charge in [0, 0.05) is 17.2 Å². The highest BCUT2D eigenvalue weighted by Crippen LogP contribution is 2.51. The van der Waals surface area contributed by atoms with Crippen LogP contribution in [-0.4, -0.2) is 17.6 Å². The van der Waals surface area contributed by atoms with Crippen molar-refractivity contribution in [2.24, 2.45) is 11.3 Å². The fourth-order valence-corrected chi connectivity index (χ4v) is 2.11. The Morgan fingerprint density at radius 2 is 2.21 bits per heavy atom. The second-order valence-electron chi connectivity index (χ2n) is 5.72. The summed E-state index contributed by atoms with van der Waals surface area (Å²) in [6.07, 6.45) is 0.946. The number of anilines is 1.